The van der Waals surface area contributed by atoms with Gasteiger partial charge in [-0.05, 0) is 31.4 Å². The van der Waals surface area contributed by atoms with Crippen LogP contribution in [0.25, 0.3) is 0 Å². The van der Waals surface area contributed by atoms with Crippen LogP contribution in [0.3, 0.4) is 0 Å². The number of carboxylic acid groups (broad SMARTS) is 1. The van der Waals surface area contributed by atoms with E-state index in [-0.39, 0.29) is 6.10 Å². The summed E-state index contributed by atoms with van der Waals surface area (Å²) in [4.78, 5) is 10.2. The van der Waals surface area contributed by atoms with E-state index in [1.165, 1.54) is 0 Å². The molecule has 0 heterocycles. The minimum atomic E-state index is -0.879. The highest BCUT2D eigenvalue weighted by atomic mass is 16.4. The monoisotopic (exact) mass is 220 g/mol. The van der Waals surface area contributed by atoms with Gasteiger partial charge in [-0.2, -0.15) is 0 Å². The Labute approximate surface area is 95.0 Å². The number of hydrogen-bond donors (Lipinski definition) is 2. The standard InChI is InChI=1S/C7H6O2.C6H10O/c8-7(9)6-4-2-1-3-5-6;7-6-4-2-1-3-5-6/h1-5H,(H,8,9);2,4,6-7H,1,3,5H2/t;6-/m.1/s1. The molecule has 0 bridgehead atoms. The predicted octanol–water partition coefficient (Wildman–Crippen LogP) is 2.47. The van der Waals surface area contributed by atoms with Crippen molar-refractivity contribution in [3.05, 3.63) is 48.0 Å². The molecular weight excluding hydrogens is 204 g/mol. The van der Waals surface area contributed by atoms with Gasteiger partial charge in [0.1, 0.15) is 0 Å². The lowest BCUT2D eigenvalue weighted by Crippen LogP contribution is -2.04. The lowest BCUT2D eigenvalue weighted by Gasteiger charge is -2.07. The number of aliphatic hydroxyl groups excluding tert-OH is 1. The van der Waals surface area contributed by atoms with Gasteiger partial charge in [0.15, 0.2) is 0 Å². The van der Waals surface area contributed by atoms with Crippen molar-refractivity contribution in [2.24, 2.45) is 0 Å². The van der Waals surface area contributed by atoms with Crippen molar-refractivity contribution in [1.29, 1.82) is 0 Å². The van der Waals surface area contributed by atoms with Crippen LogP contribution in [0.2, 0.25) is 0 Å². The summed E-state index contributed by atoms with van der Waals surface area (Å²) in [6, 6.07) is 8.30. The number of carbonyl (C=O) groups is 1. The Morgan fingerprint density at radius 3 is 2.25 bits per heavy atom. The zero-order valence-electron chi connectivity index (χ0n) is 9.04. The molecule has 2 N–H and O–H groups in total. The first kappa shape index (κ1) is 12.5. The lowest BCUT2D eigenvalue weighted by atomic mass is 10.1. The molecule has 0 saturated heterocycles. The van der Waals surface area contributed by atoms with E-state index < -0.39 is 5.97 Å². The fraction of sp³-hybridized carbons (Fsp3) is 0.308. The summed E-state index contributed by atoms with van der Waals surface area (Å²) in [5, 5.41) is 17.2. The van der Waals surface area contributed by atoms with Crippen molar-refractivity contribution in [1.82, 2.24) is 0 Å². The zero-order chi connectivity index (χ0) is 11.8. The van der Waals surface area contributed by atoms with E-state index in [9.17, 15) is 4.79 Å². The molecule has 1 aliphatic carbocycles. The Morgan fingerprint density at radius 1 is 1.25 bits per heavy atom. The molecule has 0 amide bonds. The predicted molar refractivity (Wildman–Crippen MR) is 62.4 cm³/mol. The van der Waals surface area contributed by atoms with Gasteiger partial charge in [-0.25, -0.2) is 4.79 Å². The Balaban J connectivity index is 0.000000165. The van der Waals surface area contributed by atoms with Gasteiger partial charge in [0.05, 0.1) is 11.7 Å². The molecule has 0 spiro atoms. The second kappa shape index (κ2) is 6.80. The minimum Gasteiger partial charge on any atom is -0.478 e. The van der Waals surface area contributed by atoms with Gasteiger partial charge in [-0.3, -0.25) is 0 Å². The number of aliphatic hydroxyl groups is 1. The van der Waals surface area contributed by atoms with Crippen LogP contribution in [-0.4, -0.2) is 22.3 Å². The van der Waals surface area contributed by atoms with Crippen LogP contribution >= 0.6 is 0 Å². The van der Waals surface area contributed by atoms with Gasteiger partial charge in [0, 0.05) is 0 Å². The Kier molecular flexibility index (Phi) is 5.29. The highest BCUT2D eigenvalue weighted by Gasteiger charge is 2.00. The van der Waals surface area contributed by atoms with Gasteiger partial charge in [-0.1, -0.05) is 30.4 Å². The molecule has 0 radical (unpaired) electrons. The summed E-state index contributed by atoms with van der Waals surface area (Å²) >= 11 is 0. The zero-order valence-corrected chi connectivity index (χ0v) is 9.04. The van der Waals surface area contributed by atoms with Crippen molar-refractivity contribution < 1.29 is 15.0 Å². The van der Waals surface area contributed by atoms with Crippen molar-refractivity contribution in [2.45, 2.75) is 25.4 Å². The van der Waals surface area contributed by atoms with Gasteiger partial charge < -0.3 is 10.2 Å². The van der Waals surface area contributed by atoms with E-state index >= 15 is 0 Å². The van der Waals surface area contributed by atoms with Crippen LogP contribution < -0.4 is 0 Å². The maximum absolute atomic E-state index is 10.2. The van der Waals surface area contributed by atoms with Crippen LogP contribution in [0.15, 0.2) is 42.5 Å². The number of carboxylic acids is 1. The Hall–Kier alpha value is -1.61. The SMILES string of the molecule is O=C(O)c1ccccc1.O[C@@H]1C=CCCC1. The summed E-state index contributed by atoms with van der Waals surface area (Å²) in [6.45, 7) is 0. The average molecular weight is 220 g/mol. The molecule has 1 aromatic carbocycles. The maximum atomic E-state index is 10.2. The first-order valence-electron chi connectivity index (χ1n) is 5.33. The van der Waals surface area contributed by atoms with Crippen molar-refractivity contribution in [3.63, 3.8) is 0 Å². The highest BCUT2D eigenvalue weighted by molar-refractivity contribution is 5.87. The fourth-order valence-corrected chi connectivity index (χ4v) is 1.38. The fourth-order valence-electron chi connectivity index (χ4n) is 1.38. The number of benzene rings is 1. The molecule has 0 saturated carbocycles. The summed E-state index contributed by atoms with van der Waals surface area (Å²) < 4.78 is 0. The first-order chi connectivity index (χ1) is 7.70. The third-order valence-electron chi connectivity index (χ3n) is 2.25. The van der Waals surface area contributed by atoms with Crippen molar-refractivity contribution in [3.8, 4) is 0 Å². The summed E-state index contributed by atoms with van der Waals surface area (Å²) in [6.07, 6.45) is 7.01. The van der Waals surface area contributed by atoms with E-state index in [0.29, 0.717) is 5.56 Å². The smallest absolute Gasteiger partial charge is 0.335 e. The molecule has 0 aromatic heterocycles. The molecule has 3 nitrogen and oxygen atoms in total. The molecule has 86 valence electrons. The van der Waals surface area contributed by atoms with Crippen LogP contribution in [0.5, 0.6) is 0 Å². The number of allylic oxidation sites excluding steroid dienone is 1. The van der Waals surface area contributed by atoms with Crippen molar-refractivity contribution >= 4 is 5.97 Å². The van der Waals surface area contributed by atoms with E-state index in [1.54, 1.807) is 30.3 Å². The molecule has 3 heteroatoms. The highest BCUT2D eigenvalue weighted by Crippen LogP contribution is 2.08. The molecule has 1 aromatic rings. The first-order valence-corrected chi connectivity index (χ1v) is 5.33. The number of hydrogen-bond acceptors (Lipinski definition) is 2. The molecule has 0 aliphatic heterocycles. The van der Waals surface area contributed by atoms with Gasteiger partial charge in [-0.15, -0.1) is 0 Å². The number of aromatic carboxylic acids is 1. The van der Waals surface area contributed by atoms with E-state index in [4.69, 9.17) is 10.2 Å². The van der Waals surface area contributed by atoms with Gasteiger partial charge in [0.2, 0.25) is 0 Å². The molecular formula is C13H16O3. The van der Waals surface area contributed by atoms with E-state index in [0.717, 1.165) is 19.3 Å². The average Bonchev–Trinajstić information content (AvgIpc) is 2.32. The van der Waals surface area contributed by atoms with E-state index in [1.807, 2.05) is 12.2 Å². The number of rotatable bonds is 1. The van der Waals surface area contributed by atoms with Crippen molar-refractivity contribution in [2.75, 3.05) is 0 Å². The normalized spacial score (nSPS) is 18.4. The topological polar surface area (TPSA) is 57.5 Å². The Bertz CT molecular complexity index is 343. The summed E-state index contributed by atoms with van der Waals surface area (Å²) in [5.74, 6) is -0.879. The van der Waals surface area contributed by atoms with Crippen LogP contribution in [0.4, 0.5) is 0 Å². The van der Waals surface area contributed by atoms with Crippen LogP contribution in [-0.2, 0) is 0 Å². The largest absolute Gasteiger partial charge is 0.478 e. The van der Waals surface area contributed by atoms with Crippen LogP contribution in [0, 0.1) is 0 Å². The second-order valence-corrected chi connectivity index (χ2v) is 3.60. The van der Waals surface area contributed by atoms with Gasteiger partial charge >= 0.3 is 5.97 Å². The molecule has 0 fully saturated rings. The second-order valence-electron chi connectivity index (χ2n) is 3.60. The minimum absolute atomic E-state index is 0.145. The van der Waals surface area contributed by atoms with Gasteiger partial charge in [0.25, 0.3) is 0 Å². The van der Waals surface area contributed by atoms with E-state index in [2.05, 4.69) is 0 Å². The molecule has 2 rings (SSSR count). The third kappa shape index (κ3) is 4.75. The summed E-state index contributed by atoms with van der Waals surface area (Å²) in [5.41, 5.74) is 0.331. The van der Waals surface area contributed by atoms with Crippen LogP contribution in [0.1, 0.15) is 29.6 Å². The molecule has 16 heavy (non-hydrogen) atoms. The molecule has 0 unspecified atom stereocenters. The maximum Gasteiger partial charge on any atom is 0.335 e. The summed E-state index contributed by atoms with van der Waals surface area (Å²) in [7, 11) is 0. The third-order valence-corrected chi connectivity index (χ3v) is 2.25. The lowest BCUT2D eigenvalue weighted by molar-refractivity contribution is 0.0697. The quantitative estimate of drug-likeness (QED) is 0.715. The molecule has 1 atom stereocenters. The molecule has 1 aliphatic rings. The Morgan fingerprint density at radius 2 is 1.94 bits per heavy atom.